The summed E-state index contributed by atoms with van der Waals surface area (Å²) < 4.78 is 14.9. The first kappa shape index (κ1) is 19.8. The molecule has 0 spiro atoms. The molecule has 0 radical (unpaired) electrons. The van der Waals surface area contributed by atoms with Gasteiger partial charge >= 0.3 is 5.97 Å². The maximum atomic E-state index is 12.2. The molecule has 1 aromatic carbocycles. The predicted molar refractivity (Wildman–Crippen MR) is 89.8 cm³/mol. The molecule has 0 aliphatic rings. The Morgan fingerprint density at radius 2 is 1.92 bits per heavy atom. The third-order valence-corrected chi connectivity index (χ3v) is 3.34. The van der Waals surface area contributed by atoms with Gasteiger partial charge in [0.2, 0.25) is 0 Å². The zero-order valence-corrected chi connectivity index (χ0v) is 14.6. The van der Waals surface area contributed by atoms with Gasteiger partial charge in [0.1, 0.15) is 18.2 Å². The molecule has 1 amide bonds. The minimum atomic E-state index is -0.567. The second-order valence-corrected chi connectivity index (χ2v) is 4.94. The number of methoxy groups -OCH3 is 3. The van der Waals surface area contributed by atoms with Crippen LogP contribution < -0.4 is 20.1 Å². The Morgan fingerprint density at radius 1 is 1.24 bits per heavy atom. The predicted octanol–water partition coefficient (Wildman–Crippen LogP) is 1.05. The molecule has 1 rings (SSSR count). The quantitative estimate of drug-likeness (QED) is 0.411. The highest BCUT2D eigenvalue weighted by Gasteiger charge is 2.15. The average molecular weight is 347 g/mol. The molecular formula is C17H21N3O5. The Bertz CT molecular complexity index is 694. The first-order chi connectivity index (χ1) is 12.0. The summed E-state index contributed by atoms with van der Waals surface area (Å²) >= 11 is 0. The van der Waals surface area contributed by atoms with Crippen LogP contribution in [-0.2, 0) is 14.3 Å². The Morgan fingerprint density at radius 3 is 2.48 bits per heavy atom. The van der Waals surface area contributed by atoms with Gasteiger partial charge in [-0.3, -0.25) is 9.59 Å². The summed E-state index contributed by atoms with van der Waals surface area (Å²) in [7, 11) is 4.30. The Hall–Kier alpha value is -3.21. The molecule has 1 atom stereocenters. The summed E-state index contributed by atoms with van der Waals surface area (Å²) in [4.78, 5) is 23.2. The maximum absolute atomic E-state index is 12.2. The van der Waals surface area contributed by atoms with Crippen LogP contribution in [0.3, 0.4) is 0 Å². The van der Waals surface area contributed by atoms with Crippen molar-refractivity contribution in [1.82, 2.24) is 10.6 Å². The van der Waals surface area contributed by atoms with Crippen LogP contribution in [0.2, 0.25) is 0 Å². The van der Waals surface area contributed by atoms with Crippen LogP contribution >= 0.6 is 0 Å². The molecule has 0 fully saturated rings. The van der Waals surface area contributed by atoms with Gasteiger partial charge in [-0.25, -0.2) is 0 Å². The topological polar surface area (TPSA) is 110 Å². The van der Waals surface area contributed by atoms with Gasteiger partial charge in [0.15, 0.2) is 11.5 Å². The zero-order valence-electron chi connectivity index (χ0n) is 14.6. The number of amides is 1. The van der Waals surface area contributed by atoms with E-state index in [0.717, 1.165) is 5.56 Å². The van der Waals surface area contributed by atoms with Gasteiger partial charge in [-0.2, -0.15) is 5.26 Å². The molecule has 1 unspecified atom stereocenters. The summed E-state index contributed by atoms with van der Waals surface area (Å²) in [6, 6.07) is 6.68. The van der Waals surface area contributed by atoms with Crippen molar-refractivity contribution >= 4 is 11.9 Å². The van der Waals surface area contributed by atoms with Crippen molar-refractivity contribution in [3.63, 3.8) is 0 Å². The largest absolute Gasteiger partial charge is 0.493 e. The molecule has 8 nitrogen and oxygen atoms in total. The monoisotopic (exact) mass is 347 g/mol. The van der Waals surface area contributed by atoms with E-state index in [0.29, 0.717) is 11.5 Å². The van der Waals surface area contributed by atoms with E-state index in [-0.39, 0.29) is 18.2 Å². The highest BCUT2D eigenvalue weighted by molar-refractivity contribution is 5.97. The first-order valence-electron chi connectivity index (χ1n) is 7.40. The van der Waals surface area contributed by atoms with Crippen molar-refractivity contribution in [3.05, 3.63) is 35.5 Å². The number of nitriles is 1. The number of esters is 1. The smallest absolute Gasteiger partial charge is 0.325 e. The van der Waals surface area contributed by atoms with Gasteiger partial charge in [0, 0.05) is 6.20 Å². The molecule has 0 heterocycles. The normalized spacial score (nSPS) is 11.7. The van der Waals surface area contributed by atoms with Crippen LogP contribution in [0, 0.1) is 11.3 Å². The molecule has 8 heteroatoms. The Balaban J connectivity index is 2.79. The lowest BCUT2D eigenvalue weighted by Crippen LogP contribution is -2.29. The SMILES string of the molecule is COC(=O)CN/C=C(/C#N)C(=O)NC(C)c1ccc(OC)c(OC)c1. The van der Waals surface area contributed by atoms with E-state index in [9.17, 15) is 9.59 Å². The highest BCUT2D eigenvalue weighted by atomic mass is 16.5. The van der Waals surface area contributed by atoms with Crippen molar-refractivity contribution in [1.29, 1.82) is 5.26 Å². The highest BCUT2D eigenvalue weighted by Crippen LogP contribution is 2.29. The van der Waals surface area contributed by atoms with Gasteiger partial charge in [-0.15, -0.1) is 0 Å². The molecule has 134 valence electrons. The van der Waals surface area contributed by atoms with E-state index in [1.54, 1.807) is 31.2 Å². The summed E-state index contributed by atoms with van der Waals surface area (Å²) in [5.41, 5.74) is 0.627. The van der Waals surface area contributed by atoms with Crippen LogP contribution in [0.25, 0.3) is 0 Å². The fourth-order valence-electron chi connectivity index (χ4n) is 1.94. The fourth-order valence-corrected chi connectivity index (χ4v) is 1.94. The molecule has 1 aromatic rings. The lowest BCUT2D eigenvalue weighted by Gasteiger charge is -2.16. The van der Waals surface area contributed by atoms with E-state index in [1.165, 1.54) is 27.5 Å². The van der Waals surface area contributed by atoms with Crippen LogP contribution in [-0.4, -0.2) is 39.8 Å². The van der Waals surface area contributed by atoms with Crippen LogP contribution in [0.5, 0.6) is 11.5 Å². The van der Waals surface area contributed by atoms with Gasteiger partial charge < -0.3 is 24.8 Å². The number of hydrogen-bond acceptors (Lipinski definition) is 7. The van der Waals surface area contributed by atoms with E-state index in [4.69, 9.17) is 14.7 Å². The summed E-state index contributed by atoms with van der Waals surface area (Å²) in [6.07, 6.45) is 1.17. The van der Waals surface area contributed by atoms with Gasteiger partial charge in [-0.05, 0) is 24.6 Å². The van der Waals surface area contributed by atoms with Crippen LogP contribution in [0.15, 0.2) is 30.0 Å². The third-order valence-electron chi connectivity index (χ3n) is 3.34. The molecule has 0 aliphatic heterocycles. The lowest BCUT2D eigenvalue weighted by atomic mass is 10.1. The number of rotatable bonds is 8. The van der Waals surface area contributed by atoms with Crippen LogP contribution in [0.1, 0.15) is 18.5 Å². The van der Waals surface area contributed by atoms with Crippen LogP contribution in [0.4, 0.5) is 0 Å². The Labute approximate surface area is 146 Å². The van der Waals surface area contributed by atoms with Crippen molar-refractivity contribution < 1.29 is 23.8 Å². The summed E-state index contributed by atoms with van der Waals surface area (Å²) in [5, 5.41) is 14.3. The second-order valence-electron chi connectivity index (χ2n) is 4.94. The van der Waals surface area contributed by atoms with Gasteiger partial charge in [0.25, 0.3) is 5.91 Å². The minimum absolute atomic E-state index is 0.139. The Kier molecular flexibility index (Phi) is 7.79. The summed E-state index contributed by atoms with van der Waals surface area (Å²) in [6.45, 7) is 1.64. The first-order valence-corrected chi connectivity index (χ1v) is 7.40. The number of nitrogens with one attached hydrogen (secondary N) is 2. The maximum Gasteiger partial charge on any atom is 0.325 e. The molecule has 0 aliphatic carbocycles. The molecule has 25 heavy (non-hydrogen) atoms. The van der Waals surface area contributed by atoms with Gasteiger partial charge in [0.05, 0.1) is 27.4 Å². The zero-order chi connectivity index (χ0) is 18.8. The number of ether oxygens (including phenoxy) is 3. The van der Waals surface area contributed by atoms with Crippen molar-refractivity contribution in [3.8, 4) is 17.6 Å². The lowest BCUT2D eigenvalue weighted by molar-refractivity contribution is -0.139. The number of nitrogens with zero attached hydrogens (tertiary/aromatic N) is 1. The van der Waals surface area contributed by atoms with Gasteiger partial charge in [-0.1, -0.05) is 6.07 Å². The fraction of sp³-hybridized carbons (Fsp3) is 0.353. The minimum Gasteiger partial charge on any atom is -0.493 e. The van der Waals surface area contributed by atoms with E-state index in [2.05, 4.69) is 15.4 Å². The number of carbonyl (C=O) groups excluding carboxylic acids is 2. The second kappa shape index (κ2) is 9.82. The van der Waals surface area contributed by atoms with Crippen molar-refractivity contribution in [2.75, 3.05) is 27.9 Å². The summed E-state index contributed by atoms with van der Waals surface area (Å²) in [5.74, 6) is 0.0427. The molecule has 0 saturated heterocycles. The van der Waals surface area contributed by atoms with E-state index < -0.39 is 11.9 Å². The molecule has 0 aromatic heterocycles. The number of hydrogen-bond donors (Lipinski definition) is 2. The van der Waals surface area contributed by atoms with Crippen molar-refractivity contribution in [2.24, 2.45) is 0 Å². The van der Waals surface area contributed by atoms with Crippen molar-refractivity contribution in [2.45, 2.75) is 13.0 Å². The molecule has 2 N–H and O–H groups in total. The molecule has 0 bridgehead atoms. The standard InChI is InChI=1S/C17H21N3O5/c1-11(12-5-6-14(23-2)15(7-12)24-3)20-17(22)13(8-18)9-19-10-16(21)25-4/h5-7,9,11,19H,10H2,1-4H3,(H,20,22)/b13-9-. The number of benzene rings is 1. The van der Waals surface area contributed by atoms with E-state index >= 15 is 0 Å². The number of carbonyl (C=O) groups is 2. The van der Waals surface area contributed by atoms with E-state index in [1.807, 2.05) is 0 Å². The average Bonchev–Trinajstić information content (AvgIpc) is 2.63. The molecule has 0 saturated carbocycles. The molecular weight excluding hydrogens is 326 g/mol. The third kappa shape index (κ3) is 5.73.